The van der Waals surface area contributed by atoms with Crippen molar-refractivity contribution in [3.8, 4) is 0 Å². The minimum Gasteiger partial charge on any atom is -0.342 e. The van der Waals surface area contributed by atoms with Gasteiger partial charge in [-0.25, -0.2) is 4.39 Å². The molecule has 0 spiro atoms. The molecule has 1 aliphatic carbocycles. The molecule has 1 aromatic rings. The summed E-state index contributed by atoms with van der Waals surface area (Å²) in [5.74, 6) is -0.594. The van der Waals surface area contributed by atoms with Gasteiger partial charge >= 0.3 is 0 Å². The summed E-state index contributed by atoms with van der Waals surface area (Å²) in [6.45, 7) is 2.73. The van der Waals surface area contributed by atoms with E-state index in [-0.39, 0.29) is 17.4 Å². The van der Waals surface area contributed by atoms with Gasteiger partial charge in [0.15, 0.2) is 0 Å². The molecule has 3 rings (SSSR count). The normalized spacial score (nSPS) is 19.4. The van der Waals surface area contributed by atoms with Gasteiger partial charge in [0.1, 0.15) is 5.82 Å². The first-order valence-electron chi connectivity index (χ1n) is 9.58. The van der Waals surface area contributed by atoms with Gasteiger partial charge in [0.05, 0.1) is 12.1 Å². The molecule has 1 heterocycles. The molecule has 2 aliphatic rings. The Kier molecular flexibility index (Phi) is 6.25. The summed E-state index contributed by atoms with van der Waals surface area (Å²) in [6.07, 6.45) is 5.90. The molecular formula is C20H28FN3O2. The number of hydrogen-bond donors (Lipinski definition) is 0. The molecule has 0 radical (unpaired) electrons. The summed E-state index contributed by atoms with van der Waals surface area (Å²) in [6, 6.07) is 6.46. The van der Waals surface area contributed by atoms with Gasteiger partial charge in [-0.05, 0) is 25.0 Å². The average Bonchev–Trinajstić information content (AvgIpc) is 2.68. The lowest BCUT2D eigenvalue weighted by Crippen LogP contribution is -2.52. The van der Waals surface area contributed by atoms with Crippen LogP contribution in [0.1, 0.15) is 42.5 Å². The molecule has 1 saturated heterocycles. The highest BCUT2D eigenvalue weighted by Gasteiger charge is 2.27. The summed E-state index contributed by atoms with van der Waals surface area (Å²) in [4.78, 5) is 30.7. The maximum Gasteiger partial charge on any atom is 0.256 e. The van der Waals surface area contributed by atoms with E-state index in [2.05, 4.69) is 4.90 Å². The minimum atomic E-state index is -0.482. The van der Waals surface area contributed by atoms with Gasteiger partial charge in [-0.2, -0.15) is 0 Å². The zero-order chi connectivity index (χ0) is 18.5. The van der Waals surface area contributed by atoms with Crippen LogP contribution in [-0.4, -0.2) is 72.3 Å². The fourth-order valence-electron chi connectivity index (χ4n) is 3.89. The fourth-order valence-corrected chi connectivity index (χ4v) is 3.89. The zero-order valence-corrected chi connectivity index (χ0v) is 15.5. The quantitative estimate of drug-likeness (QED) is 0.827. The summed E-state index contributed by atoms with van der Waals surface area (Å²) in [5.41, 5.74) is 0.119. The Labute approximate surface area is 154 Å². The molecule has 142 valence electrons. The van der Waals surface area contributed by atoms with Crippen molar-refractivity contribution in [2.24, 2.45) is 0 Å². The van der Waals surface area contributed by atoms with Crippen LogP contribution in [0.15, 0.2) is 24.3 Å². The van der Waals surface area contributed by atoms with E-state index in [1.165, 1.54) is 31.4 Å². The van der Waals surface area contributed by atoms with E-state index < -0.39 is 5.82 Å². The Hall–Kier alpha value is -1.95. The minimum absolute atomic E-state index is 0.119. The SMILES string of the molecule is CN(C(=O)CN1CCN(C(=O)c2ccccc2F)CC1)C1CCCCC1. The highest BCUT2D eigenvalue weighted by molar-refractivity contribution is 5.94. The molecule has 1 saturated carbocycles. The van der Waals surface area contributed by atoms with Crippen molar-refractivity contribution in [3.05, 3.63) is 35.6 Å². The lowest BCUT2D eigenvalue weighted by molar-refractivity contribution is -0.134. The lowest BCUT2D eigenvalue weighted by Gasteiger charge is -2.37. The summed E-state index contributed by atoms with van der Waals surface area (Å²) in [7, 11) is 1.91. The van der Waals surface area contributed by atoms with Gasteiger partial charge in [-0.3, -0.25) is 14.5 Å². The third-order valence-corrected chi connectivity index (χ3v) is 5.64. The van der Waals surface area contributed by atoms with Crippen LogP contribution in [0.25, 0.3) is 0 Å². The predicted octanol–water partition coefficient (Wildman–Crippen LogP) is 2.37. The Morgan fingerprint density at radius 3 is 2.38 bits per heavy atom. The molecule has 6 heteroatoms. The zero-order valence-electron chi connectivity index (χ0n) is 15.5. The molecule has 0 N–H and O–H groups in total. The highest BCUT2D eigenvalue weighted by Crippen LogP contribution is 2.22. The number of nitrogens with zero attached hydrogens (tertiary/aromatic N) is 3. The van der Waals surface area contributed by atoms with E-state index in [1.54, 1.807) is 17.0 Å². The largest absolute Gasteiger partial charge is 0.342 e. The Balaban J connectivity index is 1.48. The van der Waals surface area contributed by atoms with Crippen LogP contribution < -0.4 is 0 Å². The molecule has 2 amide bonds. The van der Waals surface area contributed by atoms with E-state index in [9.17, 15) is 14.0 Å². The van der Waals surface area contributed by atoms with Crippen LogP contribution in [0.2, 0.25) is 0 Å². The maximum atomic E-state index is 13.8. The fraction of sp³-hybridized carbons (Fsp3) is 0.600. The van der Waals surface area contributed by atoms with E-state index >= 15 is 0 Å². The predicted molar refractivity (Wildman–Crippen MR) is 98.4 cm³/mol. The first kappa shape index (κ1) is 18.8. The molecule has 26 heavy (non-hydrogen) atoms. The second-order valence-electron chi connectivity index (χ2n) is 7.34. The average molecular weight is 361 g/mol. The van der Waals surface area contributed by atoms with Gasteiger partial charge in [-0.15, -0.1) is 0 Å². The third kappa shape index (κ3) is 4.41. The topological polar surface area (TPSA) is 43.9 Å². The van der Waals surface area contributed by atoms with Crippen LogP contribution in [0.5, 0.6) is 0 Å². The molecule has 0 bridgehead atoms. The Bertz CT molecular complexity index is 638. The summed E-state index contributed by atoms with van der Waals surface area (Å²) >= 11 is 0. The second kappa shape index (κ2) is 8.62. The van der Waals surface area contributed by atoms with Crippen molar-refractivity contribution in [1.82, 2.24) is 14.7 Å². The number of piperazine rings is 1. The molecular weight excluding hydrogens is 333 g/mol. The molecule has 2 fully saturated rings. The molecule has 0 unspecified atom stereocenters. The van der Waals surface area contributed by atoms with E-state index in [1.807, 2.05) is 11.9 Å². The number of halogens is 1. The van der Waals surface area contributed by atoms with Gasteiger partial charge in [0.25, 0.3) is 5.91 Å². The van der Waals surface area contributed by atoms with Crippen LogP contribution >= 0.6 is 0 Å². The number of carbonyl (C=O) groups excluding carboxylic acids is 2. The lowest BCUT2D eigenvalue weighted by atomic mass is 9.94. The van der Waals surface area contributed by atoms with Gasteiger partial charge in [0.2, 0.25) is 5.91 Å². The smallest absolute Gasteiger partial charge is 0.256 e. The van der Waals surface area contributed by atoms with Crippen molar-refractivity contribution in [2.75, 3.05) is 39.8 Å². The number of amides is 2. The van der Waals surface area contributed by atoms with Crippen molar-refractivity contribution < 1.29 is 14.0 Å². The molecule has 1 aliphatic heterocycles. The van der Waals surface area contributed by atoms with Gasteiger partial charge in [-0.1, -0.05) is 31.4 Å². The maximum absolute atomic E-state index is 13.8. The van der Waals surface area contributed by atoms with Gasteiger partial charge in [0, 0.05) is 39.3 Å². The number of hydrogen-bond acceptors (Lipinski definition) is 3. The van der Waals surface area contributed by atoms with E-state index in [0.29, 0.717) is 38.8 Å². The monoisotopic (exact) mass is 361 g/mol. The Morgan fingerprint density at radius 1 is 1.08 bits per heavy atom. The third-order valence-electron chi connectivity index (χ3n) is 5.64. The van der Waals surface area contributed by atoms with Crippen LogP contribution in [0, 0.1) is 5.82 Å². The molecule has 0 aromatic heterocycles. The highest BCUT2D eigenvalue weighted by atomic mass is 19.1. The number of benzene rings is 1. The standard InChI is InChI=1S/C20H28FN3O2/c1-22(16-7-3-2-4-8-16)19(25)15-23-11-13-24(14-12-23)20(26)17-9-5-6-10-18(17)21/h5-6,9-10,16H,2-4,7-8,11-15H2,1H3. The molecule has 1 aromatic carbocycles. The van der Waals surface area contributed by atoms with Crippen molar-refractivity contribution >= 4 is 11.8 Å². The number of likely N-dealkylation sites (N-methyl/N-ethyl adjacent to an activating group) is 1. The number of carbonyl (C=O) groups is 2. The first-order valence-corrected chi connectivity index (χ1v) is 9.58. The van der Waals surface area contributed by atoms with Crippen LogP contribution in [0.4, 0.5) is 4.39 Å². The van der Waals surface area contributed by atoms with E-state index in [4.69, 9.17) is 0 Å². The summed E-state index contributed by atoms with van der Waals surface area (Å²) in [5, 5.41) is 0. The summed E-state index contributed by atoms with van der Waals surface area (Å²) < 4.78 is 13.8. The van der Waals surface area contributed by atoms with Gasteiger partial charge < -0.3 is 9.80 Å². The first-order chi connectivity index (χ1) is 12.6. The second-order valence-corrected chi connectivity index (χ2v) is 7.34. The Morgan fingerprint density at radius 2 is 1.73 bits per heavy atom. The van der Waals surface area contributed by atoms with Crippen molar-refractivity contribution in [3.63, 3.8) is 0 Å². The van der Waals surface area contributed by atoms with Crippen LogP contribution in [-0.2, 0) is 4.79 Å². The molecule has 0 atom stereocenters. The van der Waals surface area contributed by atoms with Crippen LogP contribution in [0.3, 0.4) is 0 Å². The van der Waals surface area contributed by atoms with Crippen molar-refractivity contribution in [1.29, 1.82) is 0 Å². The van der Waals surface area contributed by atoms with E-state index in [0.717, 1.165) is 12.8 Å². The number of rotatable bonds is 4. The molecule has 5 nitrogen and oxygen atoms in total. The van der Waals surface area contributed by atoms with Crippen molar-refractivity contribution in [2.45, 2.75) is 38.1 Å².